The summed E-state index contributed by atoms with van der Waals surface area (Å²) >= 11 is 0. The lowest BCUT2D eigenvalue weighted by Gasteiger charge is -2.18. The van der Waals surface area contributed by atoms with E-state index >= 15 is 0 Å². The standard InChI is InChI=1S/C73H122O6/c1-4-7-10-13-16-19-22-25-28-31-33-34-35-36-37-38-39-40-41-43-45-48-51-54-57-60-63-66-72(75)78-69-70(68-77-71(74)65-62-59-56-53-50-47-44-30-27-24-21-18-15-12-9-6-3)79-73(76)67-64-61-58-55-52-49-46-42-32-29-26-23-20-17-14-11-8-5-2/h7,10,16,19-21,23-25,28-30,32-34,36-37,39-40,44,70H,4-6,8-9,11-15,17-18,22,26-27,31,35,38,41-43,45-69H2,1-3H3/b10-7-,19-16-,23-20-,24-21-,28-25-,32-29-,34-33-,37-36-,40-39-,44-30-. The van der Waals surface area contributed by atoms with Gasteiger partial charge in [0.15, 0.2) is 6.10 Å². The van der Waals surface area contributed by atoms with Crippen LogP contribution in [0.2, 0.25) is 0 Å². The van der Waals surface area contributed by atoms with Crippen LogP contribution in [-0.2, 0) is 28.6 Å². The molecule has 1 atom stereocenters. The van der Waals surface area contributed by atoms with Crippen molar-refractivity contribution in [3.63, 3.8) is 0 Å². The molecular formula is C73H122O6. The van der Waals surface area contributed by atoms with Gasteiger partial charge in [-0.2, -0.15) is 0 Å². The first-order valence-electron chi connectivity index (χ1n) is 33.0. The van der Waals surface area contributed by atoms with E-state index in [2.05, 4.69) is 142 Å². The van der Waals surface area contributed by atoms with Crippen molar-refractivity contribution in [1.82, 2.24) is 0 Å². The highest BCUT2D eigenvalue weighted by Gasteiger charge is 2.19. The molecule has 6 nitrogen and oxygen atoms in total. The Morgan fingerprint density at radius 1 is 0.266 bits per heavy atom. The summed E-state index contributed by atoms with van der Waals surface area (Å²) in [4.78, 5) is 38.4. The summed E-state index contributed by atoms with van der Waals surface area (Å²) in [6, 6.07) is 0. The highest BCUT2D eigenvalue weighted by Crippen LogP contribution is 2.15. The number of hydrogen-bond donors (Lipinski definition) is 0. The summed E-state index contributed by atoms with van der Waals surface area (Å²) in [6.45, 7) is 6.49. The van der Waals surface area contributed by atoms with Gasteiger partial charge in [0.05, 0.1) is 0 Å². The molecule has 1 unspecified atom stereocenters. The molecule has 0 aromatic rings. The number of hydrogen-bond acceptors (Lipinski definition) is 6. The van der Waals surface area contributed by atoms with E-state index < -0.39 is 6.10 Å². The molecule has 6 heteroatoms. The lowest BCUT2D eigenvalue weighted by Crippen LogP contribution is -2.30. The van der Waals surface area contributed by atoms with Crippen LogP contribution < -0.4 is 0 Å². The molecule has 0 heterocycles. The van der Waals surface area contributed by atoms with Gasteiger partial charge in [-0.05, 0) is 135 Å². The van der Waals surface area contributed by atoms with E-state index in [0.29, 0.717) is 19.3 Å². The third kappa shape index (κ3) is 64.5. The lowest BCUT2D eigenvalue weighted by atomic mass is 10.1. The van der Waals surface area contributed by atoms with Crippen molar-refractivity contribution in [1.29, 1.82) is 0 Å². The number of allylic oxidation sites excluding steroid dienone is 20. The molecule has 79 heavy (non-hydrogen) atoms. The maximum absolute atomic E-state index is 12.9. The first-order chi connectivity index (χ1) is 39.0. The van der Waals surface area contributed by atoms with Crippen LogP contribution in [0.1, 0.15) is 303 Å². The van der Waals surface area contributed by atoms with Gasteiger partial charge in [-0.3, -0.25) is 14.4 Å². The zero-order chi connectivity index (χ0) is 57.1. The molecule has 0 N–H and O–H groups in total. The van der Waals surface area contributed by atoms with Crippen molar-refractivity contribution in [2.75, 3.05) is 13.2 Å². The van der Waals surface area contributed by atoms with Crippen molar-refractivity contribution in [2.45, 2.75) is 309 Å². The second-order valence-electron chi connectivity index (χ2n) is 21.6. The van der Waals surface area contributed by atoms with E-state index in [9.17, 15) is 14.4 Å². The van der Waals surface area contributed by atoms with Crippen LogP contribution in [0.25, 0.3) is 0 Å². The van der Waals surface area contributed by atoms with Gasteiger partial charge in [-0.25, -0.2) is 0 Å². The minimum absolute atomic E-state index is 0.0920. The summed E-state index contributed by atoms with van der Waals surface area (Å²) in [6.07, 6.45) is 92.0. The van der Waals surface area contributed by atoms with Crippen molar-refractivity contribution < 1.29 is 28.6 Å². The Labute approximate surface area is 488 Å². The first-order valence-corrected chi connectivity index (χ1v) is 33.0. The van der Waals surface area contributed by atoms with Gasteiger partial charge in [0.1, 0.15) is 13.2 Å². The minimum Gasteiger partial charge on any atom is -0.462 e. The van der Waals surface area contributed by atoms with Crippen LogP contribution >= 0.6 is 0 Å². The van der Waals surface area contributed by atoms with Crippen LogP contribution in [0.5, 0.6) is 0 Å². The predicted molar refractivity (Wildman–Crippen MR) is 343 cm³/mol. The van der Waals surface area contributed by atoms with Crippen LogP contribution in [0.15, 0.2) is 122 Å². The van der Waals surface area contributed by atoms with Crippen LogP contribution in [0.3, 0.4) is 0 Å². The number of unbranched alkanes of at least 4 members (excludes halogenated alkanes) is 28. The topological polar surface area (TPSA) is 78.9 Å². The number of esters is 3. The van der Waals surface area contributed by atoms with Crippen molar-refractivity contribution in [3.05, 3.63) is 122 Å². The molecule has 0 bridgehead atoms. The van der Waals surface area contributed by atoms with Gasteiger partial charge in [0.2, 0.25) is 0 Å². The van der Waals surface area contributed by atoms with Crippen LogP contribution in [0, 0.1) is 0 Å². The average molecular weight is 1100 g/mol. The van der Waals surface area contributed by atoms with Gasteiger partial charge in [-0.15, -0.1) is 0 Å². The van der Waals surface area contributed by atoms with Gasteiger partial charge in [-0.1, -0.05) is 271 Å². The molecule has 0 radical (unpaired) electrons. The third-order valence-corrected chi connectivity index (χ3v) is 13.9. The van der Waals surface area contributed by atoms with E-state index in [4.69, 9.17) is 14.2 Å². The van der Waals surface area contributed by atoms with E-state index in [0.717, 1.165) is 141 Å². The molecule has 0 rings (SSSR count). The second kappa shape index (κ2) is 66.3. The molecule has 0 aromatic heterocycles. The molecule has 0 amide bonds. The molecule has 0 saturated carbocycles. The smallest absolute Gasteiger partial charge is 0.306 e. The molecule has 0 aliphatic heterocycles. The number of carbonyl (C=O) groups is 3. The number of rotatable bonds is 59. The summed E-state index contributed by atoms with van der Waals surface area (Å²) in [7, 11) is 0. The Hall–Kier alpha value is -4.19. The van der Waals surface area contributed by atoms with E-state index in [1.54, 1.807) is 0 Å². The molecular weight excluding hydrogens is 973 g/mol. The van der Waals surface area contributed by atoms with Crippen molar-refractivity contribution in [2.24, 2.45) is 0 Å². The van der Waals surface area contributed by atoms with E-state index in [1.807, 2.05) is 0 Å². The third-order valence-electron chi connectivity index (χ3n) is 13.9. The van der Waals surface area contributed by atoms with E-state index in [-0.39, 0.29) is 31.1 Å². The number of ether oxygens (including phenoxy) is 3. The lowest BCUT2D eigenvalue weighted by molar-refractivity contribution is -0.167. The van der Waals surface area contributed by atoms with Crippen molar-refractivity contribution >= 4 is 17.9 Å². The molecule has 0 fully saturated rings. The molecule has 0 aromatic carbocycles. The summed E-state index contributed by atoms with van der Waals surface area (Å²) in [5.74, 6) is -0.915. The fraction of sp³-hybridized carbons (Fsp3) is 0.685. The molecule has 0 aliphatic rings. The zero-order valence-corrected chi connectivity index (χ0v) is 51.6. The summed E-state index contributed by atoms with van der Waals surface area (Å²) in [5.41, 5.74) is 0. The molecule has 0 saturated heterocycles. The van der Waals surface area contributed by atoms with Crippen LogP contribution in [-0.4, -0.2) is 37.2 Å². The maximum atomic E-state index is 12.9. The largest absolute Gasteiger partial charge is 0.462 e. The minimum atomic E-state index is -0.797. The average Bonchev–Trinajstić information content (AvgIpc) is 3.45. The first kappa shape index (κ1) is 74.8. The van der Waals surface area contributed by atoms with Gasteiger partial charge < -0.3 is 14.2 Å². The maximum Gasteiger partial charge on any atom is 0.306 e. The molecule has 450 valence electrons. The molecule has 0 aliphatic carbocycles. The Balaban J connectivity index is 4.40. The van der Waals surface area contributed by atoms with Gasteiger partial charge in [0.25, 0.3) is 0 Å². The van der Waals surface area contributed by atoms with Gasteiger partial charge >= 0.3 is 17.9 Å². The predicted octanol–water partition coefficient (Wildman–Crippen LogP) is 22.8. The Bertz CT molecular complexity index is 1640. The highest BCUT2D eigenvalue weighted by molar-refractivity contribution is 5.71. The quantitative estimate of drug-likeness (QED) is 0.0261. The SMILES string of the molecule is CC/C=C\C/C=C\C/C=C\C/C=C\C/C=C\C/C=C\CCCCCCCCCCC(=O)OCC(COC(=O)CCCCCCC/C=C\C/C=C\CCCCCC)OC(=O)CCCCCCCCC/C=C\C/C=C\CCCCCC. The van der Waals surface area contributed by atoms with Gasteiger partial charge in [0, 0.05) is 19.3 Å². The fourth-order valence-corrected chi connectivity index (χ4v) is 8.98. The summed E-state index contributed by atoms with van der Waals surface area (Å²) < 4.78 is 16.9. The monoisotopic (exact) mass is 1090 g/mol. The summed E-state index contributed by atoms with van der Waals surface area (Å²) in [5, 5.41) is 0. The second-order valence-corrected chi connectivity index (χ2v) is 21.6. The Morgan fingerprint density at radius 3 is 0.772 bits per heavy atom. The fourth-order valence-electron chi connectivity index (χ4n) is 8.98. The Kier molecular flexibility index (Phi) is 62.8. The highest BCUT2D eigenvalue weighted by atomic mass is 16.6. The van der Waals surface area contributed by atoms with Crippen LogP contribution in [0.4, 0.5) is 0 Å². The normalized spacial score (nSPS) is 12.9. The van der Waals surface area contributed by atoms with Crippen molar-refractivity contribution in [3.8, 4) is 0 Å². The zero-order valence-electron chi connectivity index (χ0n) is 51.6. The Morgan fingerprint density at radius 2 is 0.494 bits per heavy atom. The van der Waals surface area contributed by atoms with E-state index in [1.165, 1.54) is 122 Å². The molecule has 0 spiro atoms. The number of carbonyl (C=O) groups excluding carboxylic acids is 3.